The summed E-state index contributed by atoms with van der Waals surface area (Å²) in [7, 11) is 0. The fourth-order valence-corrected chi connectivity index (χ4v) is 0.928. The monoisotopic (exact) mass is 283 g/mol. The van der Waals surface area contributed by atoms with Gasteiger partial charge in [0.05, 0.1) is 12.6 Å². The minimum absolute atomic E-state index is 0.284. The largest absolute Gasteiger partial charge is 0.545 e. The molecular formula is C16H27O4-. The van der Waals surface area contributed by atoms with Crippen LogP contribution in [0.15, 0.2) is 23.8 Å². The van der Waals surface area contributed by atoms with Crippen LogP contribution in [-0.4, -0.2) is 18.5 Å². The molecule has 0 aliphatic rings. The molecule has 0 aliphatic carbocycles. The predicted octanol–water partition coefficient (Wildman–Crippen LogP) is 2.63. The Balaban J connectivity index is 0. The molecule has 20 heavy (non-hydrogen) atoms. The number of rotatable bonds is 7. The van der Waals surface area contributed by atoms with Gasteiger partial charge in [0.15, 0.2) is 0 Å². The van der Waals surface area contributed by atoms with Gasteiger partial charge in [-0.2, -0.15) is 0 Å². The Bertz CT molecular complexity index is 340. The minimum atomic E-state index is -1.07. The van der Waals surface area contributed by atoms with Crippen molar-refractivity contribution in [3.05, 3.63) is 23.8 Å². The van der Waals surface area contributed by atoms with Gasteiger partial charge in [0, 0.05) is 5.57 Å². The summed E-state index contributed by atoms with van der Waals surface area (Å²) < 4.78 is 4.81. The van der Waals surface area contributed by atoms with E-state index in [0.717, 1.165) is 19.3 Å². The molecule has 0 rings (SSSR count). The highest BCUT2D eigenvalue weighted by Crippen LogP contribution is 2.03. The molecule has 0 spiro atoms. The number of esters is 1. The summed E-state index contributed by atoms with van der Waals surface area (Å²) in [5.74, 6) is -0.844. The second kappa shape index (κ2) is 12.5. The average Bonchev–Trinajstić information content (AvgIpc) is 2.36. The van der Waals surface area contributed by atoms with Crippen LogP contribution in [0.2, 0.25) is 0 Å². The molecule has 0 aromatic heterocycles. The SMILES string of the molecule is C/C(=C\CC(C)C)C(=O)[O-].C=C(C)C(=O)OCCCC. The second-order valence-electron chi connectivity index (χ2n) is 5.07. The van der Waals surface area contributed by atoms with Crippen molar-refractivity contribution in [2.75, 3.05) is 6.61 Å². The van der Waals surface area contributed by atoms with Gasteiger partial charge in [-0.05, 0) is 38.2 Å². The Labute approximate surface area is 122 Å². The fraction of sp³-hybridized carbons (Fsp3) is 0.625. The van der Waals surface area contributed by atoms with Gasteiger partial charge in [0.25, 0.3) is 0 Å². The molecule has 4 nitrogen and oxygen atoms in total. The van der Waals surface area contributed by atoms with E-state index in [1.807, 2.05) is 13.8 Å². The number of carbonyl (C=O) groups excluding carboxylic acids is 2. The smallest absolute Gasteiger partial charge is 0.333 e. The highest BCUT2D eigenvalue weighted by Gasteiger charge is 2.00. The maximum Gasteiger partial charge on any atom is 0.333 e. The zero-order valence-corrected chi connectivity index (χ0v) is 13.3. The highest BCUT2D eigenvalue weighted by molar-refractivity contribution is 5.86. The second-order valence-corrected chi connectivity index (χ2v) is 5.07. The number of aliphatic carboxylic acids is 1. The third kappa shape index (κ3) is 14.5. The number of unbranched alkanes of at least 4 members (excludes halogenated alkanes) is 1. The van der Waals surface area contributed by atoms with Crippen LogP contribution in [0.25, 0.3) is 0 Å². The molecule has 0 atom stereocenters. The van der Waals surface area contributed by atoms with Crippen LogP contribution < -0.4 is 5.11 Å². The summed E-state index contributed by atoms with van der Waals surface area (Å²) in [4.78, 5) is 20.8. The number of carboxylic acid groups (broad SMARTS) is 1. The van der Waals surface area contributed by atoms with Gasteiger partial charge < -0.3 is 14.6 Å². The molecule has 0 unspecified atom stereocenters. The number of carboxylic acids is 1. The summed E-state index contributed by atoms with van der Waals surface area (Å²) in [5.41, 5.74) is 0.796. The average molecular weight is 283 g/mol. The molecule has 0 aromatic carbocycles. The van der Waals surface area contributed by atoms with Crippen LogP contribution in [0.3, 0.4) is 0 Å². The zero-order valence-electron chi connectivity index (χ0n) is 13.3. The molecule has 0 aliphatic heterocycles. The van der Waals surface area contributed by atoms with Crippen molar-refractivity contribution in [1.82, 2.24) is 0 Å². The van der Waals surface area contributed by atoms with E-state index in [2.05, 4.69) is 13.5 Å². The Kier molecular flexibility index (Phi) is 12.9. The molecule has 4 heteroatoms. The summed E-state index contributed by atoms with van der Waals surface area (Å²) in [6, 6.07) is 0. The van der Waals surface area contributed by atoms with Crippen molar-refractivity contribution < 1.29 is 19.4 Å². The molecule has 116 valence electrons. The molecule has 0 amide bonds. The molecule has 0 saturated carbocycles. The minimum Gasteiger partial charge on any atom is -0.545 e. The lowest BCUT2D eigenvalue weighted by molar-refractivity contribution is -0.299. The fourth-order valence-electron chi connectivity index (χ4n) is 0.928. The van der Waals surface area contributed by atoms with E-state index < -0.39 is 5.97 Å². The van der Waals surface area contributed by atoms with Crippen LogP contribution in [0.1, 0.15) is 53.9 Å². The number of hydrogen-bond acceptors (Lipinski definition) is 4. The Hall–Kier alpha value is -1.58. The van der Waals surface area contributed by atoms with Crippen molar-refractivity contribution in [3.8, 4) is 0 Å². The summed E-state index contributed by atoms with van der Waals surface area (Å²) >= 11 is 0. The molecular weight excluding hydrogens is 256 g/mol. The van der Waals surface area contributed by atoms with E-state index in [4.69, 9.17) is 4.74 Å². The standard InChI is InChI=1S/2C8H14O2/c1-6(2)4-5-7(3)8(9)10;1-4-5-6-10-8(9)7(2)3/h5-6H,4H2,1-3H3,(H,9,10);2,4-6H2,1,3H3/p-1/b7-5+;. The first-order valence-electron chi connectivity index (χ1n) is 6.93. The van der Waals surface area contributed by atoms with Crippen molar-refractivity contribution in [2.24, 2.45) is 5.92 Å². The topological polar surface area (TPSA) is 66.4 Å². The lowest BCUT2D eigenvalue weighted by Crippen LogP contribution is -2.23. The van der Waals surface area contributed by atoms with E-state index in [1.54, 1.807) is 19.9 Å². The van der Waals surface area contributed by atoms with Gasteiger partial charge in [0.1, 0.15) is 0 Å². The van der Waals surface area contributed by atoms with Gasteiger partial charge in [-0.25, -0.2) is 4.79 Å². The zero-order chi connectivity index (χ0) is 16.1. The molecule has 0 aromatic rings. The van der Waals surface area contributed by atoms with Crippen LogP contribution in [0.4, 0.5) is 0 Å². The summed E-state index contributed by atoms with van der Waals surface area (Å²) in [6.07, 6.45) is 4.47. The highest BCUT2D eigenvalue weighted by atomic mass is 16.5. The lowest BCUT2D eigenvalue weighted by Gasteiger charge is -2.02. The van der Waals surface area contributed by atoms with Crippen molar-refractivity contribution in [2.45, 2.75) is 53.9 Å². The summed E-state index contributed by atoms with van der Waals surface area (Å²) in [6.45, 7) is 13.3. The normalized spacial score (nSPS) is 10.6. The maximum atomic E-state index is 10.7. The maximum absolute atomic E-state index is 10.7. The molecule has 0 heterocycles. The molecule has 0 saturated heterocycles. The first-order chi connectivity index (χ1) is 9.22. The number of hydrogen-bond donors (Lipinski definition) is 0. The van der Waals surface area contributed by atoms with E-state index in [1.165, 1.54) is 0 Å². The van der Waals surface area contributed by atoms with Crippen LogP contribution in [0, 0.1) is 5.92 Å². The van der Waals surface area contributed by atoms with E-state index in [-0.39, 0.29) is 5.97 Å². The van der Waals surface area contributed by atoms with Gasteiger partial charge in [-0.3, -0.25) is 0 Å². The molecule has 0 bridgehead atoms. The van der Waals surface area contributed by atoms with Gasteiger partial charge >= 0.3 is 5.97 Å². The first kappa shape index (κ1) is 20.7. The first-order valence-corrected chi connectivity index (χ1v) is 6.93. The van der Waals surface area contributed by atoms with E-state index >= 15 is 0 Å². The van der Waals surface area contributed by atoms with Gasteiger partial charge in [-0.1, -0.05) is 39.8 Å². The Morgan fingerprint density at radius 3 is 2.20 bits per heavy atom. The third-order valence-electron chi connectivity index (χ3n) is 2.30. The van der Waals surface area contributed by atoms with Crippen LogP contribution in [0.5, 0.6) is 0 Å². The van der Waals surface area contributed by atoms with E-state index in [0.29, 0.717) is 23.7 Å². The van der Waals surface area contributed by atoms with E-state index in [9.17, 15) is 14.7 Å². The molecule has 0 fully saturated rings. The van der Waals surface area contributed by atoms with Crippen molar-refractivity contribution in [1.29, 1.82) is 0 Å². The lowest BCUT2D eigenvalue weighted by atomic mass is 10.1. The Morgan fingerprint density at radius 1 is 1.30 bits per heavy atom. The summed E-state index contributed by atoms with van der Waals surface area (Å²) in [5, 5.41) is 10.1. The molecule has 0 radical (unpaired) electrons. The van der Waals surface area contributed by atoms with Crippen LogP contribution >= 0.6 is 0 Å². The number of allylic oxidation sites excluding steroid dienone is 1. The quantitative estimate of drug-likeness (QED) is 0.409. The van der Waals surface area contributed by atoms with Gasteiger partial charge in [-0.15, -0.1) is 0 Å². The number of carbonyl (C=O) groups is 2. The predicted molar refractivity (Wildman–Crippen MR) is 78.9 cm³/mol. The van der Waals surface area contributed by atoms with Gasteiger partial charge in [0.2, 0.25) is 0 Å². The molecule has 0 N–H and O–H groups in total. The van der Waals surface area contributed by atoms with Crippen LogP contribution in [-0.2, 0) is 14.3 Å². The Morgan fingerprint density at radius 2 is 1.85 bits per heavy atom. The third-order valence-corrected chi connectivity index (χ3v) is 2.30. The number of ether oxygens (including phenoxy) is 1. The van der Waals surface area contributed by atoms with Crippen molar-refractivity contribution >= 4 is 11.9 Å². The van der Waals surface area contributed by atoms with Crippen molar-refractivity contribution in [3.63, 3.8) is 0 Å².